The van der Waals surface area contributed by atoms with E-state index < -0.39 is 5.97 Å². The highest BCUT2D eigenvalue weighted by Gasteiger charge is 1.92. The zero-order valence-electron chi connectivity index (χ0n) is 13.2. The maximum atomic E-state index is 10.3. The van der Waals surface area contributed by atoms with Crippen molar-refractivity contribution >= 4 is 5.97 Å². The van der Waals surface area contributed by atoms with E-state index >= 15 is 0 Å². The molecule has 0 aliphatic rings. The molecule has 0 amide bonds. The third-order valence-corrected chi connectivity index (χ3v) is 2.73. The van der Waals surface area contributed by atoms with Gasteiger partial charge in [0.2, 0.25) is 0 Å². The molecular weight excluding hydrogens is 272 g/mol. The van der Waals surface area contributed by atoms with Gasteiger partial charge in [-0.15, -0.1) is 6.42 Å². The molecule has 0 fully saturated rings. The molecule has 118 valence electrons. The number of hydrogen-bond donors (Lipinski definition) is 1. The maximum Gasteiger partial charge on any atom is 0.303 e. The molecule has 0 aromatic rings. The van der Waals surface area contributed by atoms with Crippen LogP contribution in [0, 0.1) is 12.3 Å². The van der Waals surface area contributed by atoms with Crippen molar-refractivity contribution in [2.24, 2.45) is 0 Å². The Morgan fingerprint density at radius 2 is 1.27 bits per heavy atom. The molecule has 0 unspecified atom stereocenters. The van der Waals surface area contributed by atoms with Crippen LogP contribution in [0.3, 0.4) is 0 Å². The summed E-state index contributed by atoms with van der Waals surface area (Å²) in [6, 6.07) is 0. The van der Waals surface area contributed by atoms with E-state index in [9.17, 15) is 4.79 Å². The summed E-state index contributed by atoms with van der Waals surface area (Å²) in [5, 5.41) is 8.48. The third kappa shape index (κ3) is 17.7. The number of allylic oxidation sites excluding steroid dienone is 10. The molecule has 1 N–H and O–H groups in total. The van der Waals surface area contributed by atoms with Crippen molar-refractivity contribution in [1.82, 2.24) is 0 Å². The molecule has 0 atom stereocenters. The second kappa shape index (κ2) is 16.8. The van der Waals surface area contributed by atoms with Crippen LogP contribution in [-0.2, 0) is 4.79 Å². The van der Waals surface area contributed by atoms with E-state index in [-0.39, 0.29) is 6.42 Å². The first-order valence-electron chi connectivity index (χ1n) is 7.70. The zero-order chi connectivity index (χ0) is 16.3. The Kier molecular flexibility index (Phi) is 15.1. The van der Waals surface area contributed by atoms with E-state index in [2.05, 4.69) is 48.5 Å². The molecular formula is C20H26O2. The molecule has 0 aromatic carbocycles. The van der Waals surface area contributed by atoms with Crippen LogP contribution in [0.25, 0.3) is 0 Å². The highest BCUT2D eigenvalue weighted by molar-refractivity contribution is 5.66. The topological polar surface area (TPSA) is 37.3 Å². The van der Waals surface area contributed by atoms with Crippen molar-refractivity contribution in [2.45, 2.75) is 44.9 Å². The summed E-state index contributed by atoms with van der Waals surface area (Å²) < 4.78 is 0. The van der Waals surface area contributed by atoms with Gasteiger partial charge in [0, 0.05) is 6.42 Å². The first kappa shape index (κ1) is 19.7. The molecule has 0 aliphatic heterocycles. The number of unbranched alkanes of at least 4 members (excludes halogenated alkanes) is 1. The minimum atomic E-state index is -0.723. The Balaban J connectivity index is 3.48. The van der Waals surface area contributed by atoms with Gasteiger partial charge in [0.15, 0.2) is 0 Å². The summed E-state index contributed by atoms with van der Waals surface area (Å²) in [4.78, 5) is 10.3. The zero-order valence-corrected chi connectivity index (χ0v) is 13.2. The predicted molar refractivity (Wildman–Crippen MR) is 94.5 cm³/mol. The van der Waals surface area contributed by atoms with Crippen LogP contribution in [0.4, 0.5) is 0 Å². The first-order valence-corrected chi connectivity index (χ1v) is 7.70. The molecule has 0 radical (unpaired) electrons. The molecule has 0 spiro atoms. The smallest absolute Gasteiger partial charge is 0.303 e. The molecule has 0 rings (SSSR count). The fraction of sp³-hybridized carbons (Fsp3) is 0.350. The second-order valence-electron chi connectivity index (χ2n) is 4.68. The monoisotopic (exact) mass is 298 g/mol. The van der Waals surface area contributed by atoms with Crippen molar-refractivity contribution in [2.75, 3.05) is 0 Å². The molecule has 0 saturated heterocycles. The Morgan fingerprint density at radius 3 is 1.73 bits per heavy atom. The van der Waals surface area contributed by atoms with Crippen LogP contribution in [-0.4, -0.2) is 11.1 Å². The molecule has 22 heavy (non-hydrogen) atoms. The minimum absolute atomic E-state index is 0.250. The van der Waals surface area contributed by atoms with Crippen molar-refractivity contribution in [3.05, 3.63) is 60.8 Å². The van der Waals surface area contributed by atoms with Gasteiger partial charge in [-0.25, -0.2) is 0 Å². The minimum Gasteiger partial charge on any atom is -0.481 e. The third-order valence-electron chi connectivity index (χ3n) is 2.73. The maximum absolute atomic E-state index is 10.3. The Bertz CT molecular complexity index is 457. The van der Waals surface area contributed by atoms with E-state index in [0.717, 1.165) is 32.1 Å². The van der Waals surface area contributed by atoms with Gasteiger partial charge in [-0.2, -0.15) is 0 Å². The lowest BCUT2D eigenvalue weighted by atomic mass is 10.2. The Labute approximate surface area is 134 Å². The summed E-state index contributed by atoms with van der Waals surface area (Å²) in [7, 11) is 0. The average molecular weight is 298 g/mol. The van der Waals surface area contributed by atoms with Crippen LogP contribution in [0.5, 0.6) is 0 Å². The van der Waals surface area contributed by atoms with Gasteiger partial charge < -0.3 is 5.11 Å². The van der Waals surface area contributed by atoms with Crippen LogP contribution < -0.4 is 0 Å². The van der Waals surface area contributed by atoms with E-state index in [1.807, 2.05) is 12.2 Å². The lowest BCUT2D eigenvalue weighted by Gasteiger charge is -1.89. The highest BCUT2D eigenvalue weighted by Crippen LogP contribution is 1.99. The van der Waals surface area contributed by atoms with Crippen molar-refractivity contribution in [3.63, 3.8) is 0 Å². The number of carboxylic acid groups (broad SMARTS) is 1. The van der Waals surface area contributed by atoms with E-state index in [1.165, 1.54) is 0 Å². The number of carbonyl (C=O) groups is 1. The van der Waals surface area contributed by atoms with Crippen LogP contribution >= 0.6 is 0 Å². The van der Waals surface area contributed by atoms with Crippen LogP contribution in [0.1, 0.15) is 44.9 Å². The van der Waals surface area contributed by atoms with E-state index in [0.29, 0.717) is 6.42 Å². The fourth-order valence-corrected chi connectivity index (χ4v) is 1.61. The van der Waals surface area contributed by atoms with E-state index in [1.54, 1.807) is 6.08 Å². The van der Waals surface area contributed by atoms with Crippen molar-refractivity contribution < 1.29 is 9.90 Å². The standard InChI is InChI=1S/C20H26O2/c1-2-3-4-5-6-7-8-9-10-11-12-13-14-15-16-17-18-19-20(21)22/h1,3-4,6-7,9-10,12-13,15-16H,5,8,11,14,17-19H2,(H,21,22)/b4-3-,7-6-,10-9-,13-12-,16-15-. The fourth-order valence-electron chi connectivity index (χ4n) is 1.61. The number of carboxylic acids is 1. The SMILES string of the molecule is C#C/C=C\C/C=C\C/C=C\C/C=C\C/C=C\CCCC(=O)O. The van der Waals surface area contributed by atoms with Gasteiger partial charge >= 0.3 is 5.97 Å². The Hall–Kier alpha value is -2.27. The molecule has 0 aliphatic carbocycles. The molecule has 0 saturated carbocycles. The number of rotatable bonds is 12. The van der Waals surface area contributed by atoms with E-state index in [4.69, 9.17) is 11.5 Å². The number of terminal acetylenes is 1. The van der Waals surface area contributed by atoms with Gasteiger partial charge in [-0.1, -0.05) is 60.6 Å². The molecule has 0 heterocycles. The molecule has 0 aromatic heterocycles. The van der Waals surface area contributed by atoms with Gasteiger partial charge in [-0.3, -0.25) is 4.79 Å². The second-order valence-corrected chi connectivity index (χ2v) is 4.68. The predicted octanol–water partition coefficient (Wildman–Crippen LogP) is 5.22. The first-order chi connectivity index (χ1) is 10.8. The molecule has 0 bridgehead atoms. The average Bonchev–Trinajstić information content (AvgIpc) is 2.50. The summed E-state index contributed by atoms with van der Waals surface area (Å²) in [6.45, 7) is 0. The summed E-state index contributed by atoms with van der Waals surface area (Å²) >= 11 is 0. The molecule has 2 heteroatoms. The number of aliphatic carboxylic acids is 1. The van der Waals surface area contributed by atoms with Crippen molar-refractivity contribution in [3.8, 4) is 12.3 Å². The highest BCUT2D eigenvalue weighted by atomic mass is 16.4. The lowest BCUT2D eigenvalue weighted by Crippen LogP contribution is -1.92. The largest absolute Gasteiger partial charge is 0.481 e. The summed E-state index contributed by atoms with van der Waals surface area (Å²) in [5.41, 5.74) is 0. The normalized spacial score (nSPS) is 12.3. The number of hydrogen-bond acceptors (Lipinski definition) is 1. The van der Waals surface area contributed by atoms with Crippen molar-refractivity contribution in [1.29, 1.82) is 0 Å². The van der Waals surface area contributed by atoms with Gasteiger partial charge in [0.05, 0.1) is 0 Å². The Morgan fingerprint density at radius 1 is 0.818 bits per heavy atom. The van der Waals surface area contributed by atoms with Gasteiger partial charge in [-0.05, 0) is 44.6 Å². The molecule has 2 nitrogen and oxygen atoms in total. The van der Waals surface area contributed by atoms with Gasteiger partial charge in [0.25, 0.3) is 0 Å². The quantitative estimate of drug-likeness (QED) is 0.305. The van der Waals surface area contributed by atoms with Gasteiger partial charge in [0.1, 0.15) is 0 Å². The van der Waals surface area contributed by atoms with Crippen LogP contribution in [0.15, 0.2) is 60.8 Å². The van der Waals surface area contributed by atoms with Crippen LogP contribution in [0.2, 0.25) is 0 Å². The summed E-state index contributed by atoms with van der Waals surface area (Å²) in [5.74, 6) is 1.73. The lowest BCUT2D eigenvalue weighted by molar-refractivity contribution is -0.137. The summed E-state index contributed by atoms with van der Waals surface area (Å²) in [6.07, 6.45) is 31.1.